The molecule has 3 aromatic rings. The highest BCUT2D eigenvalue weighted by Gasteiger charge is 2.17. The van der Waals surface area contributed by atoms with Crippen LogP contribution in [0, 0.1) is 0 Å². The number of likely N-dealkylation sites (N-methyl/N-ethyl adjacent to an activating group) is 1. The summed E-state index contributed by atoms with van der Waals surface area (Å²) in [5.41, 5.74) is 1.63. The number of amides is 2. The third kappa shape index (κ3) is 8.57. The van der Waals surface area contributed by atoms with Gasteiger partial charge in [0, 0.05) is 17.4 Å². The van der Waals surface area contributed by atoms with Crippen molar-refractivity contribution in [3.05, 3.63) is 76.9 Å². The Morgan fingerprint density at radius 1 is 1.00 bits per heavy atom. The number of ketones is 1. The summed E-state index contributed by atoms with van der Waals surface area (Å²) in [7, 11) is 3.43. The third-order valence-corrected chi connectivity index (χ3v) is 5.89. The van der Waals surface area contributed by atoms with Crippen molar-refractivity contribution in [1.82, 2.24) is 9.88 Å². The monoisotopic (exact) mass is 537 g/mol. The van der Waals surface area contributed by atoms with Crippen LogP contribution in [0.4, 0.5) is 17.2 Å². The van der Waals surface area contributed by atoms with Crippen LogP contribution < -0.4 is 20.7 Å². The Morgan fingerprint density at radius 2 is 1.76 bits per heavy atom. The number of rotatable bonds is 13. The number of methoxy groups -OCH3 is 1. The van der Waals surface area contributed by atoms with Crippen LogP contribution in [0.1, 0.15) is 40.5 Å². The molecule has 0 aliphatic rings. The predicted octanol–water partition coefficient (Wildman–Crippen LogP) is 4.96. The molecule has 0 spiro atoms. The number of nitrogens with zero attached hydrogens (tertiary/aromatic N) is 2. The van der Waals surface area contributed by atoms with Crippen molar-refractivity contribution >= 4 is 46.4 Å². The summed E-state index contributed by atoms with van der Waals surface area (Å²) in [6.07, 6.45) is 3.57. The SMILES string of the molecule is CCCCN(C)CC(=O)CNc1ccc(C(=O)Nc2ccc(OC)cc2C(=O)Nc2ccc(Cl)cn2)cc1. The van der Waals surface area contributed by atoms with E-state index in [1.807, 2.05) is 11.9 Å². The van der Waals surface area contributed by atoms with Gasteiger partial charge in [-0.1, -0.05) is 24.9 Å². The minimum atomic E-state index is -0.474. The van der Waals surface area contributed by atoms with Gasteiger partial charge in [0.1, 0.15) is 11.6 Å². The summed E-state index contributed by atoms with van der Waals surface area (Å²) in [5.74, 6) is -0.00969. The zero-order valence-electron chi connectivity index (χ0n) is 21.7. The Morgan fingerprint density at radius 3 is 2.42 bits per heavy atom. The van der Waals surface area contributed by atoms with Crippen molar-refractivity contribution in [1.29, 1.82) is 0 Å². The van der Waals surface area contributed by atoms with E-state index in [0.29, 0.717) is 34.4 Å². The highest BCUT2D eigenvalue weighted by Crippen LogP contribution is 2.24. The Hall–Kier alpha value is -3.95. The van der Waals surface area contributed by atoms with Crippen LogP contribution in [0.25, 0.3) is 0 Å². The number of hydrogen-bond donors (Lipinski definition) is 3. The highest BCUT2D eigenvalue weighted by atomic mass is 35.5. The molecule has 200 valence electrons. The van der Waals surface area contributed by atoms with E-state index in [1.165, 1.54) is 19.4 Å². The van der Waals surface area contributed by atoms with Crippen LogP contribution >= 0.6 is 11.6 Å². The van der Waals surface area contributed by atoms with Gasteiger partial charge in [-0.25, -0.2) is 4.98 Å². The van der Waals surface area contributed by atoms with Gasteiger partial charge in [-0.3, -0.25) is 19.3 Å². The molecule has 0 bridgehead atoms. The standard InChI is InChI=1S/C28H32ClN5O4/c1-4-5-14-34(2)18-22(35)17-30-21-9-6-19(7-10-21)27(36)32-25-12-11-23(38-3)15-24(25)28(37)33-26-13-8-20(29)16-31-26/h6-13,15-16,30H,4-5,14,17-18H2,1-3H3,(H,32,36)(H,31,33,37). The minimum Gasteiger partial charge on any atom is -0.497 e. The lowest BCUT2D eigenvalue weighted by molar-refractivity contribution is -0.118. The maximum absolute atomic E-state index is 13.0. The lowest BCUT2D eigenvalue weighted by Gasteiger charge is -2.15. The molecule has 38 heavy (non-hydrogen) atoms. The van der Waals surface area contributed by atoms with Crippen LogP contribution in [0.2, 0.25) is 5.02 Å². The van der Waals surface area contributed by atoms with Gasteiger partial charge in [0.2, 0.25) is 0 Å². The average molecular weight is 538 g/mol. The number of hydrogen-bond acceptors (Lipinski definition) is 7. The van der Waals surface area contributed by atoms with E-state index in [-0.39, 0.29) is 17.9 Å². The molecule has 9 nitrogen and oxygen atoms in total. The van der Waals surface area contributed by atoms with Crippen LogP contribution in [-0.2, 0) is 4.79 Å². The Bertz CT molecular complexity index is 1250. The number of unbranched alkanes of at least 4 members (excludes halogenated alkanes) is 1. The van der Waals surface area contributed by atoms with Crippen molar-refractivity contribution < 1.29 is 19.1 Å². The fourth-order valence-electron chi connectivity index (χ4n) is 3.58. The fraction of sp³-hybridized carbons (Fsp3) is 0.286. The molecule has 3 rings (SSSR count). The van der Waals surface area contributed by atoms with E-state index in [9.17, 15) is 14.4 Å². The lowest BCUT2D eigenvalue weighted by atomic mass is 10.1. The molecule has 1 heterocycles. The summed E-state index contributed by atoms with van der Waals surface area (Å²) in [6, 6.07) is 14.7. The Kier molecular flexibility index (Phi) is 10.6. The van der Waals surface area contributed by atoms with Crippen molar-refractivity contribution in [2.24, 2.45) is 0 Å². The van der Waals surface area contributed by atoms with Crippen molar-refractivity contribution in [3.63, 3.8) is 0 Å². The maximum atomic E-state index is 13.0. The Labute approximate surface area is 227 Å². The molecule has 0 radical (unpaired) electrons. The van der Waals surface area contributed by atoms with Gasteiger partial charge in [0.15, 0.2) is 5.78 Å². The number of aromatic nitrogens is 1. The predicted molar refractivity (Wildman–Crippen MR) is 150 cm³/mol. The van der Waals surface area contributed by atoms with E-state index in [2.05, 4.69) is 27.9 Å². The number of anilines is 3. The maximum Gasteiger partial charge on any atom is 0.259 e. The number of pyridine rings is 1. The van der Waals surface area contributed by atoms with E-state index >= 15 is 0 Å². The molecule has 0 aliphatic heterocycles. The van der Waals surface area contributed by atoms with Crippen LogP contribution in [0.15, 0.2) is 60.8 Å². The first-order chi connectivity index (χ1) is 18.3. The van der Waals surface area contributed by atoms with Gasteiger partial charge in [-0.15, -0.1) is 0 Å². The fourth-order valence-corrected chi connectivity index (χ4v) is 3.69. The Balaban J connectivity index is 1.63. The number of ether oxygens (including phenoxy) is 1. The van der Waals surface area contributed by atoms with Gasteiger partial charge in [0.05, 0.1) is 36.5 Å². The number of Topliss-reactive ketones (excluding diaryl/α,β-unsaturated/α-hetero) is 1. The second kappa shape index (κ2) is 14.1. The van der Waals surface area contributed by atoms with Gasteiger partial charge in [-0.05, 0) is 74.6 Å². The summed E-state index contributed by atoms with van der Waals surface area (Å²) >= 11 is 5.86. The zero-order chi connectivity index (χ0) is 27.5. The molecule has 0 unspecified atom stereocenters. The van der Waals surface area contributed by atoms with Gasteiger partial charge < -0.3 is 20.7 Å². The summed E-state index contributed by atoms with van der Waals surface area (Å²) in [4.78, 5) is 44.2. The second-order valence-electron chi connectivity index (χ2n) is 8.74. The summed E-state index contributed by atoms with van der Waals surface area (Å²) < 4.78 is 5.25. The molecule has 0 fully saturated rings. The van der Waals surface area contributed by atoms with Gasteiger partial charge in [0.25, 0.3) is 11.8 Å². The summed E-state index contributed by atoms with van der Waals surface area (Å²) in [6.45, 7) is 3.60. The molecule has 2 amide bonds. The van der Waals surface area contributed by atoms with Crippen LogP contribution in [0.5, 0.6) is 5.75 Å². The van der Waals surface area contributed by atoms with E-state index in [0.717, 1.165) is 25.1 Å². The molecule has 3 N–H and O–H groups in total. The quantitative estimate of drug-likeness (QED) is 0.282. The first-order valence-corrected chi connectivity index (χ1v) is 12.6. The number of carbonyl (C=O) groups is 3. The molecule has 10 heteroatoms. The smallest absolute Gasteiger partial charge is 0.259 e. The number of benzene rings is 2. The van der Waals surface area contributed by atoms with E-state index in [4.69, 9.17) is 16.3 Å². The third-order valence-electron chi connectivity index (χ3n) is 5.66. The molecule has 2 aromatic carbocycles. The minimum absolute atomic E-state index is 0.0875. The number of halogens is 1. The molecule has 0 saturated heterocycles. The molecule has 0 saturated carbocycles. The van der Waals surface area contributed by atoms with Gasteiger partial charge in [-0.2, -0.15) is 0 Å². The molecule has 0 atom stereocenters. The molecule has 0 aliphatic carbocycles. The summed E-state index contributed by atoms with van der Waals surface area (Å²) in [5, 5.41) is 9.01. The zero-order valence-corrected chi connectivity index (χ0v) is 22.5. The van der Waals surface area contributed by atoms with Crippen LogP contribution in [-0.4, -0.2) is 61.3 Å². The van der Waals surface area contributed by atoms with Crippen molar-refractivity contribution in [3.8, 4) is 5.75 Å². The number of carbonyl (C=O) groups excluding carboxylic acids is 3. The molecule has 1 aromatic heterocycles. The highest BCUT2D eigenvalue weighted by molar-refractivity contribution is 6.30. The van der Waals surface area contributed by atoms with Crippen molar-refractivity contribution in [2.75, 3.05) is 49.7 Å². The second-order valence-corrected chi connectivity index (χ2v) is 9.18. The molecular weight excluding hydrogens is 506 g/mol. The molecular formula is C28H32ClN5O4. The first kappa shape index (κ1) is 28.6. The van der Waals surface area contributed by atoms with E-state index in [1.54, 1.807) is 48.5 Å². The topological polar surface area (TPSA) is 113 Å². The van der Waals surface area contributed by atoms with Gasteiger partial charge >= 0.3 is 0 Å². The normalized spacial score (nSPS) is 10.7. The first-order valence-electron chi connectivity index (χ1n) is 12.3. The largest absolute Gasteiger partial charge is 0.497 e. The average Bonchev–Trinajstić information content (AvgIpc) is 2.92. The number of nitrogens with one attached hydrogen (secondary N) is 3. The van der Waals surface area contributed by atoms with E-state index < -0.39 is 11.8 Å². The van der Waals surface area contributed by atoms with Crippen molar-refractivity contribution in [2.45, 2.75) is 19.8 Å². The van der Waals surface area contributed by atoms with Crippen LogP contribution in [0.3, 0.4) is 0 Å². The lowest BCUT2D eigenvalue weighted by Crippen LogP contribution is -2.30.